The smallest absolute Gasteiger partial charge is 0.245 e. The molecule has 0 unspecified atom stereocenters. The Morgan fingerprint density at radius 3 is 2.90 bits per heavy atom. The van der Waals surface area contributed by atoms with Crippen LogP contribution in [0.1, 0.15) is 25.7 Å². The Hall–Kier alpha value is -1.05. The van der Waals surface area contributed by atoms with E-state index in [9.17, 15) is 12.8 Å². The molecule has 0 N–H and O–H groups in total. The second kappa shape index (κ2) is 5.38. The number of fused-ring (bicyclic) bond motifs is 1. The van der Waals surface area contributed by atoms with Crippen LogP contribution in [0.4, 0.5) is 4.39 Å². The molecule has 2 aliphatic rings. The van der Waals surface area contributed by atoms with Gasteiger partial charge in [0.1, 0.15) is 10.7 Å². The van der Waals surface area contributed by atoms with Crippen LogP contribution in [-0.2, 0) is 14.8 Å². The average Bonchev–Trinajstić information content (AvgIpc) is 2.46. The van der Waals surface area contributed by atoms with E-state index < -0.39 is 15.8 Å². The zero-order chi connectivity index (χ0) is 14.2. The van der Waals surface area contributed by atoms with Gasteiger partial charge in [-0.05, 0) is 18.9 Å². The Morgan fingerprint density at radius 2 is 2.10 bits per heavy atom. The van der Waals surface area contributed by atoms with E-state index in [1.165, 1.54) is 10.5 Å². The number of hydrogen-bond acceptors (Lipinski definition) is 4. The molecule has 20 heavy (non-hydrogen) atoms. The van der Waals surface area contributed by atoms with Gasteiger partial charge in [0.05, 0.1) is 24.9 Å². The summed E-state index contributed by atoms with van der Waals surface area (Å²) in [5.41, 5.74) is 0. The van der Waals surface area contributed by atoms with Crippen molar-refractivity contribution in [1.82, 2.24) is 9.29 Å². The number of ether oxygens (including phenoxy) is 1. The molecule has 1 aliphatic heterocycles. The Bertz CT molecular complexity index is 591. The summed E-state index contributed by atoms with van der Waals surface area (Å²) in [6.07, 6.45) is 5.92. The molecule has 5 nitrogen and oxygen atoms in total. The molecule has 110 valence electrons. The highest BCUT2D eigenvalue weighted by atomic mass is 32.2. The third-order valence-corrected chi connectivity index (χ3v) is 5.86. The quantitative estimate of drug-likeness (QED) is 0.831. The lowest BCUT2D eigenvalue weighted by Crippen LogP contribution is -2.54. The second-order valence-electron chi connectivity index (χ2n) is 5.22. The predicted octanol–water partition coefficient (Wildman–Crippen LogP) is 1.55. The van der Waals surface area contributed by atoms with E-state index in [4.69, 9.17) is 4.74 Å². The number of morpholine rings is 1. The maximum Gasteiger partial charge on any atom is 0.245 e. The standard InChI is InChI=1S/C13H17FN2O3S/c14-10-7-11(9-15-8-10)20(17,18)16-5-6-19-13-4-2-1-3-12(13)16/h7-9,12-13H,1-6H2/t12-,13-/m0/s1. The third kappa shape index (κ3) is 2.45. The van der Waals surface area contributed by atoms with Crippen molar-refractivity contribution in [2.45, 2.75) is 42.7 Å². The van der Waals surface area contributed by atoms with Crippen LogP contribution >= 0.6 is 0 Å². The van der Waals surface area contributed by atoms with E-state index in [1.807, 2.05) is 0 Å². The molecule has 1 saturated carbocycles. The Labute approximate surface area is 117 Å². The lowest BCUT2D eigenvalue weighted by molar-refractivity contribution is -0.0586. The highest BCUT2D eigenvalue weighted by Gasteiger charge is 2.40. The SMILES string of the molecule is O=S(=O)(c1cncc(F)c1)N1CCO[C@H]2CCCC[C@@H]21. The van der Waals surface area contributed by atoms with E-state index in [0.717, 1.165) is 37.9 Å². The van der Waals surface area contributed by atoms with Gasteiger partial charge >= 0.3 is 0 Å². The fraction of sp³-hybridized carbons (Fsp3) is 0.615. The van der Waals surface area contributed by atoms with Crippen LogP contribution in [0.2, 0.25) is 0 Å². The molecule has 0 amide bonds. The van der Waals surface area contributed by atoms with E-state index in [-0.39, 0.29) is 17.0 Å². The van der Waals surface area contributed by atoms with Crippen molar-refractivity contribution in [1.29, 1.82) is 0 Å². The molecular formula is C13H17FN2O3S. The molecule has 2 fully saturated rings. The van der Waals surface area contributed by atoms with Crippen molar-refractivity contribution in [3.05, 3.63) is 24.3 Å². The molecular weight excluding hydrogens is 283 g/mol. The summed E-state index contributed by atoms with van der Waals surface area (Å²) in [6.45, 7) is 0.711. The van der Waals surface area contributed by atoms with Crippen LogP contribution in [0, 0.1) is 5.82 Å². The van der Waals surface area contributed by atoms with E-state index in [0.29, 0.717) is 13.2 Å². The lowest BCUT2D eigenvalue weighted by Gasteiger charge is -2.42. The zero-order valence-corrected chi connectivity index (χ0v) is 11.9. The van der Waals surface area contributed by atoms with Gasteiger partial charge in [0.15, 0.2) is 0 Å². The zero-order valence-electron chi connectivity index (χ0n) is 11.0. The predicted molar refractivity (Wildman–Crippen MR) is 70.1 cm³/mol. The summed E-state index contributed by atoms with van der Waals surface area (Å²) >= 11 is 0. The average molecular weight is 300 g/mol. The fourth-order valence-corrected chi connectivity index (χ4v) is 4.67. The van der Waals surface area contributed by atoms with Gasteiger partial charge < -0.3 is 4.74 Å². The number of sulfonamides is 1. The van der Waals surface area contributed by atoms with Crippen LogP contribution < -0.4 is 0 Å². The molecule has 1 aromatic rings. The molecule has 7 heteroatoms. The summed E-state index contributed by atoms with van der Waals surface area (Å²) in [5, 5.41) is 0. The molecule has 2 atom stereocenters. The molecule has 0 radical (unpaired) electrons. The maximum atomic E-state index is 13.2. The van der Waals surface area contributed by atoms with Crippen molar-refractivity contribution >= 4 is 10.0 Å². The molecule has 3 rings (SSSR count). The molecule has 0 bridgehead atoms. The summed E-state index contributed by atoms with van der Waals surface area (Å²) in [4.78, 5) is 3.56. The maximum absolute atomic E-state index is 13.2. The monoisotopic (exact) mass is 300 g/mol. The van der Waals surface area contributed by atoms with Crippen LogP contribution in [0.5, 0.6) is 0 Å². The van der Waals surface area contributed by atoms with Gasteiger partial charge in [-0.1, -0.05) is 12.8 Å². The summed E-state index contributed by atoms with van der Waals surface area (Å²) in [7, 11) is -3.70. The van der Waals surface area contributed by atoms with Crippen molar-refractivity contribution < 1.29 is 17.5 Å². The Morgan fingerprint density at radius 1 is 1.30 bits per heavy atom. The first kappa shape index (κ1) is 13.9. The van der Waals surface area contributed by atoms with Gasteiger partial charge in [0.25, 0.3) is 0 Å². The minimum absolute atomic E-state index is 0.0335. The van der Waals surface area contributed by atoms with E-state index in [1.54, 1.807) is 0 Å². The number of pyridine rings is 1. The highest BCUT2D eigenvalue weighted by molar-refractivity contribution is 7.89. The minimum atomic E-state index is -3.70. The molecule has 1 saturated heterocycles. The Kier molecular flexibility index (Phi) is 3.74. The van der Waals surface area contributed by atoms with Crippen LogP contribution in [0.3, 0.4) is 0 Å². The molecule has 1 aliphatic carbocycles. The van der Waals surface area contributed by atoms with Gasteiger partial charge in [-0.3, -0.25) is 4.98 Å². The van der Waals surface area contributed by atoms with Crippen molar-refractivity contribution in [2.24, 2.45) is 0 Å². The lowest BCUT2D eigenvalue weighted by atomic mass is 9.91. The summed E-state index contributed by atoms with van der Waals surface area (Å²) in [5.74, 6) is -0.639. The van der Waals surface area contributed by atoms with Crippen molar-refractivity contribution in [3.63, 3.8) is 0 Å². The summed E-state index contributed by atoms with van der Waals surface area (Å²) < 4.78 is 45.7. The first-order valence-corrected chi connectivity index (χ1v) is 8.27. The van der Waals surface area contributed by atoms with Gasteiger partial charge in [-0.2, -0.15) is 4.31 Å². The molecule has 0 aromatic carbocycles. The topological polar surface area (TPSA) is 59.5 Å². The number of nitrogens with zero attached hydrogens (tertiary/aromatic N) is 2. The van der Waals surface area contributed by atoms with Gasteiger partial charge in [0, 0.05) is 12.7 Å². The number of halogens is 1. The first-order chi connectivity index (χ1) is 9.59. The third-order valence-electron chi connectivity index (χ3n) is 3.97. The van der Waals surface area contributed by atoms with Crippen LogP contribution in [0.15, 0.2) is 23.4 Å². The molecule has 1 aromatic heterocycles. The van der Waals surface area contributed by atoms with Gasteiger partial charge in [-0.15, -0.1) is 0 Å². The second-order valence-corrected chi connectivity index (χ2v) is 7.11. The molecule has 0 spiro atoms. The normalized spacial score (nSPS) is 28.1. The summed E-state index contributed by atoms with van der Waals surface area (Å²) in [6, 6.07) is 0.890. The van der Waals surface area contributed by atoms with Crippen molar-refractivity contribution in [3.8, 4) is 0 Å². The molecule has 2 heterocycles. The van der Waals surface area contributed by atoms with Crippen LogP contribution in [0.25, 0.3) is 0 Å². The number of rotatable bonds is 2. The minimum Gasteiger partial charge on any atom is -0.375 e. The number of hydrogen-bond donors (Lipinski definition) is 0. The fourth-order valence-electron chi connectivity index (χ4n) is 3.03. The largest absolute Gasteiger partial charge is 0.375 e. The number of aromatic nitrogens is 1. The van der Waals surface area contributed by atoms with Gasteiger partial charge in [0.2, 0.25) is 10.0 Å². The Balaban J connectivity index is 1.93. The van der Waals surface area contributed by atoms with Gasteiger partial charge in [-0.25, -0.2) is 12.8 Å². The van der Waals surface area contributed by atoms with E-state index in [2.05, 4.69) is 4.98 Å². The van der Waals surface area contributed by atoms with Crippen molar-refractivity contribution in [2.75, 3.05) is 13.2 Å². The highest BCUT2D eigenvalue weighted by Crippen LogP contribution is 2.32. The van der Waals surface area contributed by atoms with E-state index >= 15 is 0 Å². The van der Waals surface area contributed by atoms with Crippen LogP contribution in [-0.4, -0.2) is 43.0 Å². The first-order valence-electron chi connectivity index (χ1n) is 6.83.